The van der Waals surface area contributed by atoms with Crippen LogP contribution in [-0.4, -0.2) is 30.9 Å². The molecule has 1 aliphatic rings. The van der Waals surface area contributed by atoms with E-state index in [4.69, 9.17) is 4.74 Å². The number of aryl methyl sites for hydroxylation is 2. The Morgan fingerprint density at radius 3 is 2.54 bits per heavy atom. The fourth-order valence-electron chi connectivity index (χ4n) is 2.70. The van der Waals surface area contributed by atoms with E-state index in [2.05, 4.69) is 4.98 Å². The number of sulfonamides is 1. The van der Waals surface area contributed by atoms with Gasteiger partial charge in [-0.05, 0) is 61.6 Å². The molecule has 2 aromatic rings. The summed E-state index contributed by atoms with van der Waals surface area (Å²) in [5, 5.41) is 0. The topological polar surface area (TPSA) is 59.5 Å². The van der Waals surface area contributed by atoms with Crippen molar-refractivity contribution in [2.24, 2.45) is 0 Å². The highest BCUT2D eigenvalue weighted by Gasteiger charge is 2.39. The van der Waals surface area contributed by atoms with Crippen molar-refractivity contribution in [2.45, 2.75) is 44.2 Å². The van der Waals surface area contributed by atoms with Crippen LogP contribution >= 0.6 is 0 Å². The monoisotopic (exact) mass is 346 g/mol. The van der Waals surface area contributed by atoms with Crippen LogP contribution in [0.5, 0.6) is 5.75 Å². The van der Waals surface area contributed by atoms with Gasteiger partial charge in [0.15, 0.2) is 0 Å². The standard InChI is InChI=1S/C18H22N2O3S/c1-13-9-17(23-3)18(10-14(13)2)24(21,22)20(16-6-7-16)12-15-5-4-8-19-11-15/h4-5,8-11,16H,6-7,12H2,1-3H3. The van der Waals surface area contributed by atoms with E-state index in [9.17, 15) is 8.42 Å². The van der Waals surface area contributed by atoms with Gasteiger partial charge in [-0.1, -0.05) is 6.07 Å². The Hall–Kier alpha value is -1.92. The first kappa shape index (κ1) is 16.9. The van der Waals surface area contributed by atoms with Gasteiger partial charge in [-0.25, -0.2) is 8.42 Å². The van der Waals surface area contributed by atoms with E-state index < -0.39 is 10.0 Å². The van der Waals surface area contributed by atoms with Crippen LogP contribution in [0.15, 0.2) is 41.6 Å². The average Bonchev–Trinajstić information content (AvgIpc) is 3.40. The Morgan fingerprint density at radius 1 is 1.25 bits per heavy atom. The molecule has 1 saturated carbocycles. The summed E-state index contributed by atoms with van der Waals surface area (Å²) in [6.45, 7) is 4.19. The predicted octanol–water partition coefficient (Wildman–Crippen LogP) is 3.06. The van der Waals surface area contributed by atoms with Crippen LogP contribution in [0.2, 0.25) is 0 Å². The quantitative estimate of drug-likeness (QED) is 0.806. The molecule has 1 aliphatic carbocycles. The second kappa shape index (κ2) is 6.53. The second-order valence-corrected chi connectivity index (χ2v) is 8.09. The SMILES string of the molecule is COc1cc(C)c(C)cc1S(=O)(=O)N(Cc1cccnc1)C1CC1. The molecule has 24 heavy (non-hydrogen) atoms. The zero-order valence-electron chi connectivity index (χ0n) is 14.2. The molecule has 0 unspecified atom stereocenters. The summed E-state index contributed by atoms with van der Waals surface area (Å²) >= 11 is 0. The van der Waals surface area contributed by atoms with E-state index in [1.54, 1.807) is 28.8 Å². The molecule has 0 spiro atoms. The Balaban J connectivity index is 2.02. The van der Waals surface area contributed by atoms with Crippen molar-refractivity contribution in [3.63, 3.8) is 0 Å². The number of hydrogen-bond acceptors (Lipinski definition) is 4. The first-order valence-corrected chi connectivity index (χ1v) is 9.43. The van der Waals surface area contributed by atoms with Gasteiger partial charge in [0.2, 0.25) is 10.0 Å². The lowest BCUT2D eigenvalue weighted by Gasteiger charge is -2.23. The lowest BCUT2D eigenvalue weighted by atomic mass is 10.1. The fourth-order valence-corrected chi connectivity index (χ4v) is 4.59. The van der Waals surface area contributed by atoms with Gasteiger partial charge in [-0.3, -0.25) is 4.98 Å². The molecular formula is C18H22N2O3S. The minimum atomic E-state index is -3.64. The fraction of sp³-hybridized carbons (Fsp3) is 0.389. The zero-order valence-corrected chi connectivity index (χ0v) is 15.0. The third-order valence-electron chi connectivity index (χ3n) is 4.38. The molecule has 1 heterocycles. The highest BCUT2D eigenvalue weighted by molar-refractivity contribution is 7.89. The second-order valence-electron chi connectivity index (χ2n) is 6.23. The highest BCUT2D eigenvalue weighted by atomic mass is 32.2. The third-order valence-corrected chi connectivity index (χ3v) is 6.30. The molecule has 3 rings (SSSR count). The largest absolute Gasteiger partial charge is 0.495 e. The van der Waals surface area contributed by atoms with E-state index in [0.717, 1.165) is 29.5 Å². The molecule has 0 amide bonds. The van der Waals surface area contributed by atoms with Crippen molar-refractivity contribution < 1.29 is 13.2 Å². The van der Waals surface area contributed by atoms with Gasteiger partial charge in [0, 0.05) is 25.0 Å². The average molecular weight is 346 g/mol. The van der Waals surface area contributed by atoms with E-state index in [-0.39, 0.29) is 10.9 Å². The van der Waals surface area contributed by atoms with Gasteiger partial charge in [-0.15, -0.1) is 0 Å². The van der Waals surface area contributed by atoms with Crippen LogP contribution in [0.1, 0.15) is 29.5 Å². The van der Waals surface area contributed by atoms with E-state index in [1.165, 1.54) is 7.11 Å². The van der Waals surface area contributed by atoms with Crippen LogP contribution < -0.4 is 4.74 Å². The Labute approximate surface area is 143 Å². The highest BCUT2D eigenvalue weighted by Crippen LogP contribution is 2.37. The summed E-state index contributed by atoms with van der Waals surface area (Å²) in [7, 11) is -2.13. The molecule has 128 valence electrons. The summed E-state index contributed by atoms with van der Waals surface area (Å²) in [5.41, 5.74) is 2.83. The summed E-state index contributed by atoms with van der Waals surface area (Å²) < 4.78 is 33.5. The molecule has 5 nitrogen and oxygen atoms in total. The van der Waals surface area contributed by atoms with E-state index >= 15 is 0 Å². The van der Waals surface area contributed by atoms with Gasteiger partial charge in [0.25, 0.3) is 0 Å². The molecule has 0 N–H and O–H groups in total. The van der Waals surface area contributed by atoms with Crippen molar-refractivity contribution in [2.75, 3.05) is 7.11 Å². The van der Waals surface area contributed by atoms with Crippen molar-refractivity contribution in [3.8, 4) is 5.75 Å². The number of benzene rings is 1. The molecule has 1 aromatic carbocycles. The Morgan fingerprint density at radius 2 is 1.96 bits per heavy atom. The first-order chi connectivity index (χ1) is 11.4. The van der Waals surface area contributed by atoms with Crippen molar-refractivity contribution in [1.29, 1.82) is 0 Å². The molecule has 0 saturated heterocycles. The van der Waals surface area contributed by atoms with Crippen LogP contribution in [-0.2, 0) is 16.6 Å². The van der Waals surface area contributed by atoms with Gasteiger partial charge < -0.3 is 4.74 Å². The molecule has 6 heteroatoms. The van der Waals surface area contributed by atoms with Gasteiger partial charge in [-0.2, -0.15) is 4.31 Å². The summed E-state index contributed by atoms with van der Waals surface area (Å²) in [6.07, 6.45) is 5.19. The lowest BCUT2D eigenvalue weighted by molar-refractivity contribution is 0.381. The number of rotatable bonds is 6. The summed E-state index contributed by atoms with van der Waals surface area (Å²) in [6, 6.07) is 7.28. The molecule has 0 bridgehead atoms. The van der Waals surface area contributed by atoms with Crippen LogP contribution in [0.3, 0.4) is 0 Å². The Kier molecular flexibility index (Phi) is 4.60. The summed E-state index contributed by atoms with van der Waals surface area (Å²) in [4.78, 5) is 4.33. The van der Waals surface area contributed by atoms with E-state index in [1.807, 2.05) is 26.0 Å². The molecule has 1 fully saturated rings. The number of ether oxygens (including phenoxy) is 1. The van der Waals surface area contributed by atoms with Gasteiger partial charge in [0.1, 0.15) is 10.6 Å². The maximum Gasteiger partial charge on any atom is 0.247 e. The van der Waals surface area contributed by atoms with Crippen LogP contribution in [0.4, 0.5) is 0 Å². The van der Waals surface area contributed by atoms with E-state index in [0.29, 0.717) is 12.3 Å². The molecule has 0 aliphatic heterocycles. The van der Waals surface area contributed by atoms with Crippen molar-refractivity contribution in [1.82, 2.24) is 9.29 Å². The Bertz CT molecular complexity index is 831. The molecule has 1 aromatic heterocycles. The summed E-state index contributed by atoms with van der Waals surface area (Å²) in [5.74, 6) is 0.398. The molecule has 0 radical (unpaired) electrons. The zero-order chi connectivity index (χ0) is 17.3. The number of methoxy groups -OCH3 is 1. The number of aromatic nitrogens is 1. The van der Waals surface area contributed by atoms with Crippen LogP contribution in [0.25, 0.3) is 0 Å². The smallest absolute Gasteiger partial charge is 0.247 e. The normalized spacial score (nSPS) is 14.8. The van der Waals surface area contributed by atoms with Crippen molar-refractivity contribution in [3.05, 3.63) is 53.3 Å². The predicted molar refractivity (Wildman–Crippen MR) is 92.5 cm³/mol. The number of nitrogens with zero attached hydrogens (tertiary/aromatic N) is 2. The van der Waals surface area contributed by atoms with Gasteiger partial charge in [0.05, 0.1) is 7.11 Å². The maximum atomic E-state index is 13.3. The number of hydrogen-bond donors (Lipinski definition) is 0. The lowest BCUT2D eigenvalue weighted by Crippen LogP contribution is -2.33. The minimum Gasteiger partial charge on any atom is -0.495 e. The molecular weight excluding hydrogens is 324 g/mol. The van der Waals surface area contributed by atoms with Crippen molar-refractivity contribution >= 4 is 10.0 Å². The number of pyridine rings is 1. The third kappa shape index (κ3) is 3.30. The minimum absolute atomic E-state index is 0.0570. The van der Waals surface area contributed by atoms with Gasteiger partial charge >= 0.3 is 0 Å². The first-order valence-electron chi connectivity index (χ1n) is 7.99. The molecule has 0 atom stereocenters. The maximum absolute atomic E-state index is 13.3. The van der Waals surface area contributed by atoms with Crippen LogP contribution in [0, 0.1) is 13.8 Å².